The molecule has 0 fully saturated rings. The van der Waals surface area contributed by atoms with Gasteiger partial charge in [-0.2, -0.15) is 0 Å². The molecular weight excluding hydrogens is 245 g/mol. The fraction of sp³-hybridized carbons (Fsp3) is 0.0833. The molecular formula is C12H9ClFNO2. The van der Waals surface area contributed by atoms with E-state index in [4.69, 9.17) is 21.4 Å². The lowest BCUT2D eigenvalue weighted by atomic mass is 10.2. The minimum absolute atomic E-state index is 0.172. The lowest BCUT2D eigenvalue weighted by Crippen LogP contribution is -1.93. The molecule has 1 aromatic heterocycles. The van der Waals surface area contributed by atoms with Crippen LogP contribution in [0.1, 0.15) is 5.56 Å². The normalized spacial score (nSPS) is 10.3. The maximum Gasteiger partial charge on any atom is 0.146 e. The first kappa shape index (κ1) is 11.8. The third-order valence-electron chi connectivity index (χ3n) is 2.14. The number of ether oxygens (including phenoxy) is 1. The van der Waals surface area contributed by atoms with Gasteiger partial charge in [0.15, 0.2) is 0 Å². The van der Waals surface area contributed by atoms with E-state index in [1.54, 1.807) is 6.07 Å². The van der Waals surface area contributed by atoms with Crippen LogP contribution in [0.15, 0.2) is 36.7 Å². The van der Waals surface area contributed by atoms with E-state index in [9.17, 15) is 4.39 Å². The fourth-order valence-corrected chi connectivity index (χ4v) is 1.51. The van der Waals surface area contributed by atoms with Crippen LogP contribution in [0.4, 0.5) is 4.39 Å². The molecule has 0 radical (unpaired) electrons. The summed E-state index contributed by atoms with van der Waals surface area (Å²) in [6.07, 6.45) is 3.03. The number of hydrogen-bond acceptors (Lipinski definition) is 3. The first-order valence-electron chi connectivity index (χ1n) is 4.87. The topological polar surface area (TPSA) is 42.4 Å². The molecule has 0 saturated carbocycles. The van der Waals surface area contributed by atoms with Crippen molar-refractivity contribution in [2.45, 2.75) is 6.61 Å². The summed E-state index contributed by atoms with van der Waals surface area (Å²) in [5, 5.41) is 9.27. The van der Waals surface area contributed by atoms with Gasteiger partial charge in [0.1, 0.15) is 17.3 Å². The third-order valence-corrected chi connectivity index (χ3v) is 2.44. The number of aliphatic hydroxyl groups is 1. The quantitative estimate of drug-likeness (QED) is 0.914. The second kappa shape index (κ2) is 5.12. The van der Waals surface area contributed by atoms with Crippen molar-refractivity contribution in [2.24, 2.45) is 0 Å². The van der Waals surface area contributed by atoms with E-state index in [2.05, 4.69) is 4.98 Å². The zero-order valence-corrected chi connectivity index (χ0v) is 9.49. The Morgan fingerprint density at radius 3 is 2.82 bits per heavy atom. The van der Waals surface area contributed by atoms with Crippen LogP contribution in [0.5, 0.6) is 11.5 Å². The number of nitrogens with zero attached hydrogens (tertiary/aromatic N) is 1. The van der Waals surface area contributed by atoms with Crippen LogP contribution in [0.3, 0.4) is 0 Å². The highest BCUT2D eigenvalue weighted by Crippen LogP contribution is 2.31. The molecule has 1 N–H and O–H groups in total. The van der Waals surface area contributed by atoms with Crippen molar-refractivity contribution in [2.75, 3.05) is 0 Å². The van der Waals surface area contributed by atoms with E-state index in [0.29, 0.717) is 17.1 Å². The van der Waals surface area contributed by atoms with Crippen LogP contribution < -0.4 is 4.74 Å². The first-order valence-corrected chi connectivity index (χ1v) is 5.25. The Labute approximate surface area is 102 Å². The summed E-state index contributed by atoms with van der Waals surface area (Å²) in [6, 6.07) is 5.45. The van der Waals surface area contributed by atoms with Gasteiger partial charge in [-0.15, -0.1) is 0 Å². The number of hydrogen-bond donors (Lipinski definition) is 1. The zero-order valence-electron chi connectivity index (χ0n) is 8.73. The highest BCUT2D eigenvalue weighted by molar-refractivity contribution is 6.32. The smallest absolute Gasteiger partial charge is 0.146 e. The summed E-state index contributed by atoms with van der Waals surface area (Å²) in [6.45, 7) is -0.192. The van der Waals surface area contributed by atoms with Crippen LogP contribution in [0, 0.1) is 5.82 Å². The largest absolute Gasteiger partial charge is 0.455 e. The van der Waals surface area contributed by atoms with E-state index < -0.39 is 5.82 Å². The van der Waals surface area contributed by atoms with Crippen molar-refractivity contribution in [3.05, 3.63) is 53.1 Å². The predicted molar refractivity (Wildman–Crippen MR) is 61.6 cm³/mol. The van der Waals surface area contributed by atoms with Gasteiger partial charge in [0.2, 0.25) is 0 Å². The van der Waals surface area contributed by atoms with E-state index in [0.717, 1.165) is 6.07 Å². The molecule has 0 aliphatic heterocycles. The van der Waals surface area contributed by atoms with Crippen molar-refractivity contribution in [3.8, 4) is 11.5 Å². The standard InChI is InChI=1S/C12H9ClFNO2/c13-10-5-9(14)1-2-12(10)17-11-3-4-15-6-8(11)7-16/h1-6,16H,7H2. The number of halogens is 2. The molecule has 3 nitrogen and oxygen atoms in total. The van der Waals surface area contributed by atoms with Crippen molar-refractivity contribution in [3.63, 3.8) is 0 Å². The van der Waals surface area contributed by atoms with Gasteiger partial charge in [-0.3, -0.25) is 4.98 Å². The average Bonchev–Trinajstić information content (AvgIpc) is 2.33. The van der Waals surface area contributed by atoms with E-state index in [1.807, 2.05) is 0 Å². The van der Waals surface area contributed by atoms with Gasteiger partial charge in [0.25, 0.3) is 0 Å². The van der Waals surface area contributed by atoms with E-state index in [-0.39, 0.29) is 11.6 Å². The summed E-state index contributed by atoms with van der Waals surface area (Å²) in [5.74, 6) is 0.337. The molecule has 88 valence electrons. The van der Waals surface area contributed by atoms with Gasteiger partial charge in [-0.05, 0) is 24.3 Å². The van der Waals surface area contributed by atoms with E-state index >= 15 is 0 Å². The molecule has 17 heavy (non-hydrogen) atoms. The molecule has 1 heterocycles. The number of aliphatic hydroxyl groups excluding tert-OH is 1. The van der Waals surface area contributed by atoms with Gasteiger partial charge in [0, 0.05) is 18.0 Å². The Bertz CT molecular complexity index is 534. The highest BCUT2D eigenvalue weighted by Gasteiger charge is 2.07. The number of rotatable bonds is 3. The van der Waals surface area contributed by atoms with Gasteiger partial charge in [0.05, 0.1) is 11.6 Å². The Morgan fingerprint density at radius 2 is 2.12 bits per heavy atom. The Balaban J connectivity index is 2.31. The molecule has 0 aliphatic carbocycles. The summed E-state index contributed by atoms with van der Waals surface area (Å²) in [5.41, 5.74) is 0.535. The highest BCUT2D eigenvalue weighted by atomic mass is 35.5. The number of pyridine rings is 1. The van der Waals surface area contributed by atoms with Crippen molar-refractivity contribution >= 4 is 11.6 Å². The van der Waals surface area contributed by atoms with Crippen molar-refractivity contribution in [1.82, 2.24) is 4.98 Å². The molecule has 1 aromatic carbocycles. The van der Waals surface area contributed by atoms with Crippen LogP contribution in [0.25, 0.3) is 0 Å². The summed E-state index contributed by atoms with van der Waals surface area (Å²) in [4.78, 5) is 3.86. The van der Waals surface area contributed by atoms with Gasteiger partial charge < -0.3 is 9.84 Å². The SMILES string of the molecule is OCc1cnccc1Oc1ccc(F)cc1Cl. The minimum atomic E-state index is -0.431. The van der Waals surface area contributed by atoms with Crippen LogP contribution in [-0.2, 0) is 6.61 Å². The molecule has 2 rings (SSSR count). The van der Waals surface area contributed by atoms with Crippen LogP contribution >= 0.6 is 11.6 Å². The zero-order chi connectivity index (χ0) is 12.3. The molecule has 0 aliphatic rings. The van der Waals surface area contributed by atoms with Crippen molar-refractivity contribution < 1.29 is 14.2 Å². The van der Waals surface area contributed by atoms with E-state index in [1.165, 1.54) is 24.5 Å². The van der Waals surface area contributed by atoms with Crippen LogP contribution in [-0.4, -0.2) is 10.1 Å². The molecule has 0 atom stereocenters. The molecule has 0 bridgehead atoms. The molecule has 0 saturated heterocycles. The van der Waals surface area contributed by atoms with Gasteiger partial charge in [-0.1, -0.05) is 11.6 Å². The monoisotopic (exact) mass is 253 g/mol. The number of benzene rings is 1. The van der Waals surface area contributed by atoms with Gasteiger partial charge >= 0.3 is 0 Å². The summed E-state index contributed by atoms with van der Waals surface area (Å²) in [7, 11) is 0. The van der Waals surface area contributed by atoms with Gasteiger partial charge in [-0.25, -0.2) is 4.39 Å². The first-order chi connectivity index (χ1) is 8.20. The number of aromatic nitrogens is 1. The fourth-order valence-electron chi connectivity index (χ4n) is 1.31. The molecule has 2 aromatic rings. The summed E-state index contributed by atoms with van der Waals surface area (Å²) < 4.78 is 18.3. The molecule has 0 spiro atoms. The third kappa shape index (κ3) is 2.72. The Morgan fingerprint density at radius 1 is 1.29 bits per heavy atom. The summed E-state index contributed by atoms with van der Waals surface area (Å²) >= 11 is 5.83. The predicted octanol–water partition coefficient (Wildman–Crippen LogP) is 3.16. The molecule has 0 amide bonds. The van der Waals surface area contributed by atoms with Crippen LogP contribution in [0.2, 0.25) is 5.02 Å². The maximum absolute atomic E-state index is 12.8. The lowest BCUT2D eigenvalue weighted by Gasteiger charge is -2.10. The van der Waals surface area contributed by atoms with Crippen molar-refractivity contribution in [1.29, 1.82) is 0 Å². The Hall–Kier alpha value is -1.65. The molecule has 0 unspecified atom stereocenters. The minimum Gasteiger partial charge on any atom is -0.455 e. The Kier molecular flexibility index (Phi) is 3.56. The lowest BCUT2D eigenvalue weighted by molar-refractivity contribution is 0.276. The second-order valence-electron chi connectivity index (χ2n) is 3.32. The maximum atomic E-state index is 12.8. The average molecular weight is 254 g/mol. The second-order valence-corrected chi connectivity index (χ2v) is 3.73. The molecule has 5 heteroatoms.